The number of aliphatic carboxylic acids is 1. The molecular weight excluding hydrogens is 390 g/mol. The summed E-state index contributed by atoms with van der Waals surface area (Å²) >= 11 is 0. The van der Waals surface area contributed by atoms with Gasteiger partial charge in [-0.3, -0.25) is 19.6 Å². The molecule has 166 valence electrons. The summed E-state index contributed by atoms with van der Waals surface area (Å²) in [7, 11) is 0. The van der Waals surface area contributed by atoms with Gasteiger partial charge in [0.25, 0.3) is 5.91 Å². The Morgan fingerprint density at radius 2 is 1.60 bits per heavy atom. The standard InChI is InChI=1S/C21H31N3O6/c1-14(2)12-17(21(28)29)23-20(27)15-8-7-9-16(13-15)22-18(25)10-5-3-4-6-11-19(26)24-30/h7-9,13-14,17,30H,3-6,10-12H2,1-2H3,(H,22,25)(H,23,27)(H,24,26)(H,28,29)/t17-/m0/s1. The van der Waals surface area contributed by atoms with Gasteiger partial charge in [-0.1, -0.05) is 32.8 Å². The van der Waals surface area contributed by atoms with Crippen LogP contribution in [0.4, 0.5) is 5.69 Å². The quantitative estimate of drug-likeness (QED) is 0.188. The molecule has 0 saturated carbocycles. The first-order chi connectivity index (χ1) is 14.2. The number of hydrogen-bond acceptors (Lipinski definition) is 5. The summed E-state index contributed by atoms with van der Waals surface area (Å²) in [6, 6.07) is 5.37. The van der Waals surface area contributed by atoms with Crippen molar-refractivity contribution >= 4 is 29.4 Å². The van der Waals surface area contributed by atoms with Crippen molar-refractivity contribution in [2.45, 2.75) is 64.8 Å². The van der Waals surface area contributed by atoms with Crippen LogP contribution in [0.15, 0.2) is 24.3 Å². The van der Waals surface area contributed by atoms with Gasteiger partial charge in [0.2, 0.25) is 11.8 Å². The normalized spacial score (nSPS) is 11.6. The van der Waals surface area contributed by atoms with Crippen LogP contribution in [-0.2, 0) is 14.4 Å². The van der Waals surface area contributed by atoms with Crippen LogP contribution in [0.3, 0.4) is 0 Å². The van der Waals surface area contributed by atoms with Gasteiger partial charge in [-0.15, -0.1) is 0 Å². The summed E-state index contributed by atoms with van der Waals surface area (Å²) in [6.07, 6.45) is 3.72. The van der Waals surface area contributed by atoms with E-state index in [4.69, 9.17) is 5.21 Å². The lowest BCUT2D eigenvalue weighted by atomic mass is 10.0. The van der Waals surface area contributed by atoms with Gasteiger partial charge in [0.1, 0.15) is 6.04 Å². The van der Waals surface area contributed by atoms with Crippen LogP contribution >= 0.6 is 0 Å². The maximum absolute atomic E-state index is 12.4. The van der Waals surface area contributed by atoms with Crippen LogP contribution in [0.25, 0.3) is 0 Å². The number of carbonyl (C=O) groups excluding carboxylic acids is 3. The number of unbranched alkanes of at least 4 members (excludes halogenated alkanes) is 3. The summed E-state index contributed by atoms with van der Waals surface area (Å²) in [5, 5.41) is 22.9. The van der Waals surface area contributed by atoms with E-state index in [0.29, 0.717) is 31.4 Å². The zero-order valence-corrected chi connectivity index (χ0v) is 17.4. The number of carbonyl (C=O) groups is 4. The molecule has 1 rings (SSSR count). The molecular formula is C21H31N3O6. The van der Waals surface area contributed by atoms with E-state index in [9.17, 15) is 24.3 Å². The van der Waals surface area contributed by atoms with Crippen LogP contribution in [0.5, 0.6) is 0 Å². The van der Waals surface area contributed by atoms with Crippen molar-refractivity contribution in [3.05, 3.63) is 29.8 Å². The molecule has 1 atom stereocenters. The van der Waals surface area contributed by atoms with Gasteiger partial charge in [0.05, 0.1) is 0 Å². The molecule has 0 aliphatic rings. The summed E-state index contributed by atoms with van der Waals surface area (Å²) in [4.78, 5) is 46.7. The van der Waals surface area contributed by atoms with Crippen molar-refractivity contribution in [3.63, 3.8) is 0 Å². The van der Waals surface area contributed by atoms with Crippen LogP contribution in [0.2, 0.25) is 0 Å². The summed E-state index contributed by atoms with van der Waals surface area (Å²) in [6.45, 7) is 3.76. The molecule has 0 aliphatic carbocycles. The van der Waals surface area contributed by atoms with E-state index in [-0.39, 0.29) is 23.8 Å². The fourth-order valence-electron chi connectivity index (χ4n) is 2.88. The van der Waals surface area contributed by atoms with Gasteiger partial charge >= 0.3 is 5.97 Å². The molecule has 1 aromatic rings. The van der Waals surface area contributed by atoms with Crippen molar-refractivity contribution in [2.75, 3.05) is 5.32 Å². The number of benzene rings is 1. The first-order valence-corrected chi connectivity index (χ1v) is 10.1. The maximum Gasteiger partial charge on any atom is 0.326 e. The van der Waals surface area contributed by atoms with Gasteiger partial charge in [0, 0.05) is 24.1 Å². The van der Waals surface area contributed by atoms with Crippen LogP contribution in [-0.4, -0.2) is 40.0 Å². The number of rotatable bonds is 13. The minimum absolute atomic E-state index is 0.115. The predicted molar refractivity (Wildman–Crippen MR) is 111 cm³/mol. The largest absolute Gasteiger partial charge is 0.480 e. The smallest absolute Gasteiger partial charge is 0.326 e. The monoisotopic (exact) mass is 421 g/mol. The molecule has 9 nitrogen and oxygen atoms in total. The number of carboxylic acids is 1. The van der Waals surface area contributed by atoms with Crippen molar-refractivity contribution in [1.82, 2.24) is 10.8 Å². The Labute approximate surface area is 176 Å². The van der Waals surface area contributed by atoms with Crippen LogP contribution in [0, 0.1) is 5.92 Å². The summed E-state index contributed by atoms with van der Waals surface area (Å²) < 4.78 is 0. The van der Waals surface area contributed by atoms with E-state index in [1.807, 2.05) is 13.8 Å². The average Bonchev–Trinajstić information content (AvgIpc) is 2.69. The van der Waals surface area contributed by atoms with Crippen LogP contribution in [0.1, 0.15) is 69.2 Å². The topological polar surface area (TPSA) is 145 Å². The number of nitrogens with one attached hydrogen (secondary N) is 3. The SMILES string of the molecule is CC(C)C[C@H](NC(=O)c1cccc(NC(=O)CCCCCCC(=O)NO)c1)C(=O)O. The number of hydroxylamine groups is 1. The Kier molecular flexibility index (Phi) is 11.1. The molecule has 0 fully saturated rings. The second kappa shape index (κ2) is 13.3. The fourth-order valence-corrected chi connectivity index (χ4v) is 2.88. The van der Waals surface area contributed by atoms with Crippen molar-refractivity contribution in [1.29, 1.82) is 0 Å². The predicted octanol–water partition coefficient (Wildman–Crippen LogP) is 2.70. The van der Waals surface area contributed by atoms with Crippen molar-refractivity contribution in [2.24, 2.45) is 5.92 Å². The lowest BCUT2D eigenvalue weighted by molar-refractivity contribution is -0.139. The Balaban J connectivity index is 2.48. The highest BCUT2D eigenvalue weighted by Crippen LogP contribution is 2.14. The number of anilines is 1. The van der Waals surface area contributed by atoms with Crippen molar-refractivity contribution < 1.29 is 29.5 Å². The van der Waals surface area contributed by atoms with E-state index < -0.39 is 23.8 Å². The van der Waals surface area contributed by atoms with Gasteiger partial charge in [-0.05, 0) is 43.4 Å². The van der Waals surface area contributed by atoms with E-state index >= 15 is 0 Å². The van der Waals surface area contributed by atoms with Gasteiger partial charge in [0.15, 0.2) is 0 Å². The lowest BCUT2D eigenvalue weighted by Crippen LogP contribution is -2.41. The Hall–Kier alpha value is -2.94. The molecule has 0 aromatic heterocycles. The first kappa shape index (κ1) is 25.1. The molecule has 9 heteroatoms. The third kappa shape index (κ3) is 10.0. The fraction of sp³-hybridized carbons (Fsp3) is 0.524. The third-order valence-corrected chi connectivity index (χ3v) is 4.40. The van der Waals surface area contributed by atoms with E-state index in [2.05, 4.69) is 10.6 Å². The van der Waals surface area contributed by atoms with Crippen LogP contribution < -0.4 is 16.1 Å². The molecule has 0 aliphatic heterocycles. The van der Waals surface area contributed by atoms with E-state index in [0.717, 1.165) is 12.8 Å². The molecule has 0 unspecified atom stereocenters. The average molecular weight is 421 g/mol. The molecule has 30 heavy (non-hydrogen) atoms. The van der Waals surface area contributed by atoms with E-state index in [1.54, 1.807) is 23.7 Å². The minimum atomic E-state index is -1.08. The summed E-state index contributed by atoms with van der Waals surface area (Å²) in [5.74, 6) is -2.09. The summed E-state index contributed by atoms with van der Waals surface area (Å²) in [5.41, 5.74) is 2.31. The first-order valence-electron chi connectivity index (χ1n) is 10.1. The second-order valence-corrected chi connectivity index (χ2v) is 7.57. The number of carboxylic acid groups (broad SMARTS) is 1. The molecule has 0 bridgehead atoms. The highest BCUT2D eigenvalue weighted by Gasteiger charge is 2.21. The number of hydrogen-bond donors (Lipinski definition) is 5. The Morgan fingerprint density at radius 1 is 0.967 bits per heavy atom. The van der Waals surface area contributed by atoms with Crippen molar-refractivity contribution in [3.8, 4) is 0 Å². The zero-order chi connectivity index (χ0) is 22.5. The van der Waals surface area contributed by atoms with Gasteiger partial charge < -0.3 is 15.7 Å². The van der Waals surface area contributed by atoms with E-state index in [1.165, 1.54) is 6.07 Å². The second-order valence-electron chi connectivity index (χ2n) is 7.57. The molecule has 3 amide bonds. The number of amides is 3. The minimum Gasteiger partial charge on any atom is -0.480 e. The van der Waals surface area contributed by atoms with Gasteiger partial charge in [-0.2, -0.15) is 0 Å². The highest BCUT2D eigenvalue weighted by molar-refractivity contribution is 5.98. The molecule has 0 radical (unpaired) electrons. The Bertz CT molecular complexity index is 735. The Morgan fingerprint density at radius 3 is 2.17 bits per heavy atom. The molecule has 5 N–H and O–H groups in total. The molecule has 0 heterocycles. The highest BCUT2D eigenvalue weighted by atomic mass is 16.5. The van der Waals surface area contributed by atoms with Gasteiger partial charge in [-0.25, -0.2) is 10.3 Å². The molecule has 1 aromatic carbocycles. The zero-order valence-electron chi connectivity index (χ0n) is 17.4. The molecule has 0 spiro atoms. The maximum atomic E-state index is 12.4. The molecule has 0 saturated heterocycles. The third-order valence-electron chi connectivity index (χ3n) is 4.40. The lowest BCUT2D eigenvalue weighted by Gasteiger charge is -2.16.